The number of carbonyl (C=O) groups is 1. The molecule has 1 aromatic carbocycles. The van der Waals surface area contributed by atoms with E-state index in [0.717, 1.165) is 18.5 Å². The summed E-state index contributed by atoms with van der Waals surface area (Å²) in [5, 5.41) is 5.89. The Morgan fingerprint density at radius 3 is 2.24 bits per heavy atom. The van der Waals surface area contributed by atoms with Crippen LogP contribution in [0.1, 0.15) is 18.4 Å². The molecule has 0 spiro atoms. The number of methoxy groups -OCH3 is 3. The van der Waals surface area contributed by atoms with Crippen molar-refractivity contribution in [2.24, 2.45) is 0 Å². The standard InChI is InChI=1S/C15H24N2O4/c1-16-7-5-6-15(18)17-10-11-8-13(20-3)14(21-4)9-12(11)19-2/h8-9,16H,5-7,10H2,1-4H3,(H,17,18). The summed E-state index contributed by atoms with van der Waals surface area (Å²) < 4.78 is 15.8. The zero-order valence-electron chi connectivity index (χ0n) is 13.1. The van der Waals surface area contributed by atoms with E-state index in [1.807, 2.05) is 13.1 Å². The Morgan fingerprint density at radius 1 is 1.05 bits per heavy atom. The summed E-state index contributed by atoms with van der Waals surface area (Å²) in [7, 11) is 6.59. The van der Waals surface area contributed by atoms with E-state index in [-0.39, 0.29) is 5.91 Å². The third-order valence-electron chi connectivity index (χ3n) is 3.09. The molecule has 0 saturated carbocycles. The van der Waals surface area contributed by atoms with Crippen molar-refractivity contribution in [3.8, 4) is 17.2 Å². The molecule has 0 atom stereocenters. The second kappa shape index (κ2) is 9.07. The lowest BCUT2D eigenvalue weighted by Crippen LogP contribution is -2.24. The molecule has 1 aromatic rings. The number of amides is 1. The summed E-state index contributed by atoms with van der Waals surface area (Å²) >= 11 is 0. The Hall–Kier alpha value is -1.95. The van der Waals surface area contributed by atoms with Gasteiger partial charge in [-0.3, -0.25) is 4.79 Å². The zero-order valence-corrected chi connectivity index (χ0v) is 13.1. The molecule has 2 N–H and O–H groups in total. The van der Waals surface area contributed by atoms with Crippen LogP contribution in [0.2, 0.25) is 0 Å². The monoisotopic (exact) mass is 296 g/mol. The fraction of sp³-hybridized carbons (Fsp3) is 0.533. The molecule has 21 heavy (non-hydrogen) atoms. The largest absolute Gasteiger partial charge is 0.496 e. The highest BCUT2D eigenvalue weighted by atomic mass is 16.5. The van der Waals surface area contributed by atoms with E-state index in [0.29, 0.717) is 30.2 Å². The van der Waals surface area contributed by atoms with Gasteiger partial charge in [-0.2, -0.15) is 0 Å². The topological polar surface area (TPSA) is 68.8 Å². The average Bonchev–Trinajstić information content (AvgIpc) is 2.52. The van der Waals surface area contributed by atoms with Gasteiger partial charge in [-0.1, -0.05) is 0 Å². The first-order chi connectivity index (χ1) is 10.2. The molecule has 0 unspecified atom stereocenters. The predicted molar refractivity (Wildman–Crippen MR) is 81.1 cm³/mol. The second-order valence-electron chi connectivity index (χ2n) is 4.50. The number of carbonyl (C=O) groups excluding carboxylic acids is 1. The lowest BCUT2D eigenvalue weighted by atomic mass is 10.1. The maximum Gasteiger partial charge on any atom is 0.220 e. The van der Waals surface area contributed by atoms with Crippen molar-refractivity contribution in [2.45, 2.75) is 19.4 Å². The molecule has 0 aliphatic carbocycles. The number of hydrogen-bond donors (Lipinski definition) is 2. The Morgan fingerprint density at radius 2 is 1.67 bits per heavy atom. The number of nitrogens with one attached hydrogen (secondary N) is 2. The van der Waals surface area contributed by atoms with Gasteiger partial charge < -0.3 is 24.8 Å². The summed E-state index contributed by atoms with van der Waals surface area (Å²) in [6.07, 6.45) is 1.31. The lowest BCUT2D eigenvalue weighted by Gasteiger charge is -2.14. The molecule has 0 aliphatic heterocycles. The molecule has 6 nitrogen and oxygen atoms in total. The van der Waals surface area contributed by atoms with Gasteiger partial charge >= 0.3 is 0 Å². The van der Waals surface area contributed by atoms with E-state index in [2.05, 4.69) is 10.6 Å². The van der Waals surface area contributed by atoms with Crippen LogP contribution in [-0.2, 0) is 11.3 Å². The summed E-state index contributed by atoms with van der Waals surface area (Å²) in [6, 6.07) is 3.56. The number of hydrogen-bond acceptors (Lipinski definition) is 5. The minimum atomic E-state index is 0.0158. The fourth-order valence-electron chi connectivity index (χ4n) is 1.94. The van der Waals surface area contributed by atoms with E-state index >= 15 is 0 Å². The van der Waals surface area contributed by atoms with Crippen LogP contribution in [0.15, 0.2) is 12.1 Å². The first-order valence-corrected chi connectivity index (χ1v) is 6.86. The minimum absolute atomic E-state index is 0.0158. The smallest absolute Gasteiger partial charge is 0.220 e. The van der Waals surface area contributed by atoms with E-state index in [9.17, 15) is 4.79 Å². The summed E-state index contributed by atoms with van der Waals surface area (Å²) in [5.74, 6) is 1.88. The molecule has 0 aromatic heterocycles. The molecule has 1 amide bonds. The van der Waals surface area contributed by atoms with Gasteiger partial charge in [-0.25, -0.2) is 0 Å². The first-order valence-electron chi connectivity index (χ1n) is 6.86. The van der Waals surface area contributed by atoms with Gasteiger partial charge in [0.1, 0.15) is 5.75 Å². The zero-order chi connectivity index (χ0) is 15.7. The Labute approximate surface area is 125 Å². The molecule has 0 fully saturated rings. The van der Waals surface area contributed by atoms with Crippen molar-refractivity contribution in [1.82, 2.24) is 10.6 Å². The maximum atomic E-state index is 11.7. The third-order valence-corrected chi connectivity index (χ3v) is 3.09. The van der Waals surface area contributed by atoms with E-state index in [1.165, 1.54) is 0 Å². The predicted octanol–water partition coefficient (Wildman–Crippen LogP) is 1.33. The van der Waals surface area contributed by atoms with Crippen molar-refractivity contribution < 1.29 is 19.0 Å². The number of ether oxygens (including phenoxy) is 3. The normalized spacial score (nSPS) is 10.1. The van der Waals surface area contributed by atoms with Crippen molar-refractivity contribution in [1.29, 1.82) is 0 Å². The van der Waals surface area contributed by atoms with Crippen LogP contribution in [0, 0.1) is 0 Å². The van der Waals surface area contributed by atoms with Gasteiger partial charge in [-0.15, -0.1) is 0 Å². The van der Waals surface area contributed by atoms with Crippen LogP contribution < -0.4 is 24.8 Å². The molecular weight excluding hydrogens is 272 g/mol. The van der Waals surface area contributed by atoms with Crippen LogP contribution in [0.4, 0.5) is 0 Å². The van der Waals surface area contributed by atoms with Gasteiger partial charge in [0.15, 0.2) is 11.5 Å². The molecule has 6 heteroatoms. The first kappa shape index (κ1) is 17.1. The summed E-state index contributed by atoms with van der Waals surface area (Å²) in [6.45, 7) is 1.22. The van der Waals surface area contributed by atoms with Gasteiger partial charge in [0.2, 0.25) is 5.91 Å². The van der Waals surface area contributed by atoms with Crippen LogP contribution in [-0.4, -0.2) is 40.8 Å². The Kier molecular flexibility index (Phi) is 7.39. The highest BCUT2D eigenvalue weighted by Crippen LogP contribution is 2.34. The third kappa shape index (κ3) is 5.15. The minimum Gasteiger partial charge on any atom is -0.496 e. The molecule has 118 valence electrons. The molecule has 0 radical (unpaired) electrons. The molecule has 0 saturated heterocycles. The van der Waals surface area contributed by atoms with Crippen LogP contribution in [0.25, 0.3) is 0 Å². The van der Waals surface area contributed by atoms with E-state index in [1.54, 1.807) is 27.4 Å². The Bertz CT molecular complexity index is 463. The molecule has 0 aliphatic rings. The number of rotatable bonds is 9. The van der Waals surface area contributed by atoms with Gasteiger partial charge in [0.05, 0.1) is 21.3 Å². The van der Waals surface area contributed by atoms with Crippen molar-refractivity contribution in [2.75, 3.05) is 34.9 Å². The van der Waals surface area contributed by atoms with Crippen molar-refractivity contribution in [3.63, 3.8) is 0 Å². The molecular formula is C15H24N2O4. The van der Waals surface area contributed by atoms with Crippen LogP contribution in [0.3, 0.4) is 0 Å². The fourth-order valence-corrected chi connectivity index (χ4v) is 1.94. The highest BCUT2D eigenvalue weighted by Gasteiger charge is 2.12. The number of benzene rings is 1. The average molecular weight is 296 g/mol. The lowest BCUT2D eigenvalue weighted by molar-refractivity contribution is -0.121. The van der Waals surface area contributed by atoms with Gasteiger partial charge in [0.25, 0.3) is 0 Å². The van der Waals surface area contributed by atoms with Crippen molar-refractivity contribution >= 4 is 5.91 Å². The summed E-state index contributed by atoms with van der Waals surface area (Å²) in [5.41, 5.74) is 0.845. The van der Waals surface area contributed by atoms with Gasteiger partial charge in [-0.05, 0) is 26.1 Å². The van der Waals surface area contributed by atoms with Crippen LogP contribution in [0.5, 0.6) is 17.2 Å². The maximum absolute atomic E-state index is 11.7. The SMILES string of the molecule is CNCCCC(=O)NCc1cc(OC)c(OC)cc1OC. The Balaban J connectivity index is 2.71. The van der Waals surface area contributed by atoms with Gasteiger partial charge in [0, 0.05) is 24.6 Å². The molecule has 0 bridgehead atoms. The van der Waals surface area contributed by atoms with Crippen LogP contribution >= 0.6 is 0 Å². The second-order valence-corrected chi connectivity index (χ2v) is 4.50. The van der Waals surface area contributed by atoms with Crippen molar-refractivity contribution in [3.05, 3.63) is 17.7 Å². The molecule has 0 heterocycles. The quantitative estimate of drug-likeness (QED) is 0.673. The van der Waals surface area contributed by atoms with E-state index in [4.69, 9.17) is 14.2 Å². The van der Waals surface area contributed by atoms with E-state index < -0.39 is 0 Å². The summed E-state index contributed by atoms with van der Waals surface area (Å²) in [4.78, 5) is 11.7. The highest BCUT2D eigenvalue weighted by molar-refractivity contribution is 5.76. The molecule has 1 rings (SSSR count).